The number of carbonyl (C=O) groups excluding carboxylic acids is 2. The van der Waals surface area contributed by atoms with Gasteiger partial charge in [-0.05, 0) is 36.6 Å². The van der Waals surface area contributed by atoms with Gasteiger partial charge in [-0.25, -0.2) is 14.8 Å². The molecule has 4 aromatic rings. The summed E-state index contributed by atoms with van der Waals surface area (Å²) >= 11 is 0. The van der Waals surface area contributed by atoms with Gasteiger partial charge < -0.3 is 14.6 Å². The number of hydrogen-bond donors (Lipinski definition) is 1. The zero-order valence-corrected chi connectivity index (χ0v) is 20.7. The second-order valence-electron chi connectivity index (χ2n) is 9.26. The Morgan fingerprint density at radius 3 is 2.68 bits per heavy atom. The number of fused-ring (bicyclic) bond motifs is 2. The highest BCUT2D eigenvalue weighted by atomic mass is 16.5. The van der Waals surface area contributed by atoms with E-state index in [0.717, 1.165) is 43.5 Å². The molecule has 1 aliphatic heterocycles. The number of esters is 1. The summed E-state index contributed by atoms with van der Waals surface area (Å²) in [4.78, 5) is 47.6. The normalized spacial score (nSPS) is 14.3. The smallest absolute Gasteiger partial charge is 0.338 e. The molecule has 0 saturated heterocycles. The van der Waals surface area contributed by atoms with Gasteiger partial charge in [0.2, 0.25) is 0 Å². The maximum Gasteiger partial charge on any atom is 0.338 e. The van der Waals surface area contributed by atoms with Crippen molar-refractivity contribution in [2.24, 2.45) is 7.05 Å². The molecular formula is C28H29N5O4. The maximum absolute atomic E-state index is 13.0. The van der Waals surface area contributed by atoms with Crippen LogP contribution >= 0.6 is 0 Å². The molecule has 3 heterocycles. The summed E-state index contributed by atoms with van der Waals surface area (Å²) in [6.45, 7) is 0.211. The zero-order chi connectivity index (χ0) is 25.8. The van der Waals surface area contributed by atoms with Crippen LogP contribution in [0.5, 0.6) is 0 Å². The molecule has 0 bridgehead atoms. The van der Waals surface area contributed by atoms with Gasteiger partial charge in [-0.15, -0.1) is 0 Å². The third-order valence-electron chi connectivity index (χ3n) is 6.69. The van der Waals surface area contributed by atoms with Crippen molar-refractivity contribution in [1.82, 2.24) is 24.4 Å². The number of carbonyl (C=O) groups is 2. The number of amides is 1. The molecule has 1 N–H and O–H groups in total. The third kappa shape index (κ3) is 5.30. The molecule has 0 spiro atoms. The van der Waals surface area contributed by atoms with Crippen LogP contribution in [0.2, 0.25) is 0 Å². The van der Waals surface area contributed by atoms with Crippen LogP contribution in [0.3, 0.4) is 0 Å². The lowest BCUT2D eigenvalue weighted by Crippen LogP contribution is -2.34. The first-order valence-electron chi connectivity index (χ1n) is 12.5. The quantitative estimate of drug-likeness (QED) is 0.408. The first kappa shape index (κ1) is 24.4. The first-order valence-corrected chi connectivity index (χ1v) is 12.5. The second kappa shape index (κ2) is 10.8. The molecule has 1 unspecified atom stereocenters. The molecular weight excluding hydrogens is 470 g/mol. The van der Waals surface area contributed by atoms with Crippen LogP contribution in [0.15, 0.2) is 65.7 Å². The van der Waals surface area contributed by atoms with Gasteiger partial charge >= 0.3 is 5.97 Å². The highest BCUT2D eigenvalue weighted by molar-refractivity contribution is 5.95. The van der Waals surface area contributed by atoms with E-state index in [1.807, 2.05) is 41.9 Å². The number of hydrogen-bond acceptors (Lipinski definition) is 6. The molecule has 5 rings (SSSR count). The van der Waals surface area contributed by atoms with Crippen molar-refractivity contribution >= 4 is 22.8 Å². The van der Waals surface area contributed by atoms with Gasteiger partial charge in [0.05, 0.1) is 16.5 Å². The molecule has 1 atom stereocenters. The van der Waals surface area contributed by atoms with Gasteiger partial charge in [0.25, 0.3) is 11.5 Å². The number of ether oxygens (including phenoxy) is 1. The van der Waals surface area contributed by atoms with E-state index in [2.05, 4.69) is 10.3 Å². The van der Waals surface area contributed by atoms with E-state index in [1.54, 1.807) is 35.2 Å². The highest BCUT2D eigenvalue weighted by Crippen LogP contribution is 2.20. The van der Waals surface area contributed by atoms with Crippen LogP contribution < -0.4 is 10.9 Å². The van der Waals surface area contributed by atoms with Crippen molar-refractivity contribution < 1.29 is 14.3 Å². The Bertz CT molecular complexity index is 1490. The van der Waals surface area contributed by atoms with E-state index in [-0.39, 0.29) is 11.1 Å². The Kier molecular flexibility index (Phi) is 7.11. The lowest BCUT2D eigenvalue weighted by atomic mass is 10.1. The number of nitrogens with zero attached hydrogens (tertiary/aromatic N) is 4. The van der Waals surface area contributed by atoms with Crippen molar-refractivity contribution in [3.05, 3.63) is 94.1 Å². The monoisotopic (exact) mass is 499 g/mol. The molecule has 2 aromatic heterocycles. The predicted molar refractivity (Wildman–Crippen MR) is 138 cm³/mol. The molecule has 9 heteroatoms. The minimum atomic E-state index is -0.654. The van der Waals surface area contributed by atoms with Crippen LogP contribution in [-0.4, -0.2) is 37.6 Å². The Hall–Kier alpha value is -4.27. The van der Waals surface area contributed by atoms with Crippen molar-refractivity contribution in [2.75, 3.05) is 6.61 Å². The summed E-state index contributed by atoms with van der Waals surface area (Å²) in [6, 6.07) is 13.7. The summed E-state index contributed by atoms with van der Waals surface area (Å²) in [5.74, 6) is 0.304. The molecule has 0 fully saturated rings. The summed E-state index contributed by atoms with van der Waals surface area (Å²) < 4.78 is 8.90. The van der Waals surface area contributed by atoms with E-state index in [1.165, 1.54) is 0 Å². The summed E-state index contributed by atoms with van der Waals surface area (Å²) in [6.07, 6.45) is 8.37. The number of aromatic nitrogens is 4. The largest absolute Gasteiger partial charge is 0.452 e. The molecule has 0 saturated carbocycles. The van der Waals surface area contributed by atoms with E-state index < -0.39 is 24.5 Å². The molecule has 9 nitrogen and oxygen atoms in total. The van der Waals surface area contributed by atoms with Gasteiger partial charge in [-0.1, -0.05) is 43.2 Å². The second-order valence-corrected chi connectivity index (χ2v) is 9.26. The summed E-state index contributed by atoms with van der Waals surface area (Å²) in [5, 5.41) is 3.38. The summed E-state index contributed by atoms with van der Waals surface area (Å²) in [5.41, 5.74) is 1.49. The van der Waals surface area contributed by atoms with Crippen LogP contribution in [-0.2, 0) is 29.5 Å². The predicted octanol–water partition coefficient (Wildman–Crippen LogP) is 3.31. The van der Waals surface area contributed by atoms with Crippen LogP contribution in [0.1, 0.15) is 59.3 Å². The Morgan fingerprint density at radius 2 is 1.89 bits per heavy atom. The lowest BCUT2D eigenvalue weighted by Gasteiger charge is -2.19. The Balaban J connectivity index is 1.30. The molecule has 37 heavy (non-hydrogen) atoms. The lowest BCUT2D eigenvalue weighted by molar-refractivity contribution is -0.124. The average Bonchev–Trinajstić information content (AvgIpc) is 3.32. The Labute approximate surface area is 214 Å². The standard InChI is InChI=1S/C28H29N5O4/c1-32-16-14-29-26(32)25(19-9-5-4-6-10-19)31-24(34)18-37-28(36)20-12-13-21-22(17-20)30-23-11-7-2-3-8-15-33(23)27(21)35/h4-6,9-10,12-14,16-17,25H,2-3,7-8,11,15,18H2,1H3,(H,31,34). The van der Waals surface area contributed by atoms with E-state index in [4.69, 9.17) is 9.72 Å². The third-order valence-corrected chi connectivity index (χ3v) is 6.69. The topological polar surface area (TPSA) is 108 Å². The van der Waals surface area contributed by atoms with Crippen LogP contribution in [0.25, 0.3) is 10.9 Å². The molecule has 2 aromatic carbocycles. The summed E-state index contributed by atoms with van der Waals surface area (Å²) in [7, 11) is 1.85. The van der Waals surface area contributed by atoms with Crippen molar-refractivity contribution in [2.45, 2.75) is 44.7 Å². The Morgan fingerprint density at radius 1 is 1.08 bits per heavy atom. The van der Waals surface area contributed by atoms with Crippen molar-refractivity contribution in [1.29, 1.82) is 0 Å². The maximum atomic E-state index is 13.0. The van der Waals surface area contributed by atoms with Gasteiger partial charge in [-0.3, -0.25) is 14.2 Å². The van der Waals surface area contributed by atoms with Crippen molar-refractivity contribution in [3.8, 4) is 0 Å². The van der Waals surface area contributed by atoms with E-state index >= 15 is 0 Å². The number of benzene rings is 2. The fraction of sp³-hybridized carbons (Fsp3) is 0.321. The zero-order valence-electron chi connectivity index (χ0n) is 20.7. The highest BCUT2D eigenvalue weighted by Gasteiger charge is 2.22. The van der Waals surface area contributed by atoms with E-state index in [0.29, 0.717) is 23.3 Å². The first-order chi connectivity index (χ1) is 18.0. The molecule has 0 radical (unpaired) electrons. The molecule has 1 amide bonds. The van der Waals surface area contributed by atoms with Gasteiger partial charge in [-0.2, -0.15) is 0 Å². The molecule has 190 valence electrons. The fourth-order valence-electron chi connectivity index (χ4n) is 4.74. The number of imidazole rings is 1. The van der Waals surface area contributed by atoms with Gasteiger partial charge in [0.1, 0.15) is 17.7 Å². The SMILES string of the molecule is Cn1ccnc1C(NC(=O)COC(=O)c1ccc2c(=O)n3c(nc2c1)CCCCCC3)c1ccccc1. The minimum Gasteiger partial charge on any atom is -0.452 e. The average molecular weight is 500 g/mol. The van der Waals surface area contributed by atoms with E-state index in [9.17, 15) is 14.4 Å². The number of rotatable bonds is 6. The number of nitrogens with one attached hydrogen (secondary N) is 1. The van der Waals surface area contributed by atoms with Gasteiger partial charge in [0, 0.05) is 32.4 Å². The molecule has 1 aliphatic rings. The van der Waals surface area contributed by atoms with Crippen molar-refractivity contribution in [3.63, 3.8) is 0 Å². The fourth-order valence-corrected chi connectivity index (χ4v) is 4.74. The van der Waals surface area contributed by atoms with Crippen LogP contribution in [0, 0.1) is 0 Å². The molecule has 0 aliphatic carbocycles. The number of aryl methyl sites for hydroxylation is 2. The van der Waals surface area contributed by atoms with Crippen LogP contribution in [0.4, 0.5) is 0 Å². The minimum absolute atomic E-state index is 0.0811. The van der Waals surface area contributed by atoms with Gasteiger partial charge in [0.15, 0.2) is 6.61 Å².